The molecule has 0 aromatic heterocycles. The molecule has 0 amide bonds. The standard InChI is InChI=1S/C15H29O2/c1-2-3-4-5-6-7-8-9-10-11-12-13-14-17-15-16/h2-14H2,1H3. The molecule has 0 aliphatic rings. The van der Waals surface area contributed by atoms with Gasteiger partial charge in [-0.2, -0.15) is 0 Å². The third-order valence-corrected chi connectivity index (χ3v) is 3.16. The van der Waals surface area contributed by atoms with E-state index in [1.165, 1.54) is 77.1 Å². The molecule has 1 radical (unpaired) electrons. The van der Waals surface area contributed by atoms with E-state index in [2.05, 4.69) is 11.7 Å². The van der Waals surface area contributed by atoms with Crippen LogP contribution in [-0.4, -0.2) is 13.1 Å². The lowest BCUT2D eigenvalue weighted by atomic mass is 10.1. The minimum atomic E-state index is 0.543. The third-order valence-electron chi connectivity index (χ3n) is 3.16. The molecule has 0 aromatic rings. The summed E-state index contributed by atoms with van der Waals surface area (Å²) in [6.45, 7) is 4.26. The van der Waals surface area contributed by atoms with E-state index in [0.29, 0.717) is 6.61 Å². The second kappa shape index (κ2) is 15.5. The van der Waals surface area contributed by atoms with Gasteiger partial charge in [0.2, 0.25) is 0 Å². The number of unbranched alkanes of at least 4 members (excludes halogenated alkanes) is 11. The average Bonchev–Trinajstić information content (AvgIpc) is 2.35. The summed E-state index contributed by atoms with van der Waals surface area (Å²) in [5, 5.41) is 0. The topological polar surface area (TPSA) is 26.3 Å². The summed E-state index contributed by atoms with van der Waals surface area (Å²) >= 11 is 0. The van der Waals surface area contributed by atoms with E-state index in [4.69, 9.17) is 0 Å². The molecular formula is C15H29O2. The van der Waals surface area contributed by atoms with E-state index < -0.39 is 0 Å². The molecular weight excluding hydrogens is 212 g/mol. The molecule has 0 spiro atoms. The minimum Gasteiger partial charge on any atom is -0.457 e. The van der Waals surface area contributed by atoms with Crippen molar-refractivity contribution >= 4 is 6.47 Å². The second-order valence-electron chi connectivity index (χ2n) is 4.82. The van der Waals surface area contributed by atoms with Crippen molar-refractivity contribution < 1.29 is 9.53 Å². The van der Waals surface area contributed by atoms with Gasteiger partial charge in [0, 0.05) is 0 Å². The Kier molecular flexibility index (Phi) is 15.0. The van der Waals surface area contributed by atoms with Crippen LogP contribution in [0.5, 0.6) is 0 Å². The maximum atomic E-state index is 9.76. The molecule has 17 heavy (non-hydrogen) atoms. The fourth-order valence-corrected chi connectivity index (χ4v) is 2.06. The second-order valence-corrected chi connectivity index (χ2v) is 4.82. The van der Waals surface area contributed by atoms with Gasteiger partial charge in [0.1, 0.15) is 0 Å². The van der Waals surface area contributed by atoms with Crippen LogP contribution in [0.1, 0.15) is 84.0 Å². The largest absolute Gasteiger partial charge is 0.457 e. The first-order valence-corrected chi connectivity index (χ1v) is 7.40. The lowest BCUT2D eigenvalue weighted by molar-refractivity contribution is 0.268. The number of hydrogen-bond donors (Lipinski definition) is 0. The fraction of sp³-hybridized carbons (Fsp3) is 0.933. The van der Waals surface area contributed by atoms with Crippen molar-refractivity contribution in [3.05, 3.63) is 0 Å². The zero-order chi connectivity index (χ0) is 12.6. The molecule has 0 heterocycles. The summed E-state index contributed by atoms with van der Waals surface area (Å²) in [5.74, 6) is 0. The molecule has 0 N–H and O–H groups in total. The van der Waals surface area contributed by atoms with Gasteiger partial charge in [0.25, 0.3) is 0 Å². The van der Waals surface area contributed by atoms with Crippen LogP contribution in [0.3, 0.4) is 0 Å². The predicted molar refractivity (Wildman–Crippen MR) is 72.7 cm³/mol. The SMILES string of the molecule is CCCCCCCCCCCCCCO[C]=O. The molecule has 2 heteroatoms. The molecule has 0 bridgehead atoms. The van der Waals surface area contributed by atoms with Crippen LogP contribution in [0, 0.1) is 0 Å². The molecule has 0 saturated carbocycles. The molecule has 0 fully saturated rings. The van der Waals surface area contributed by atoms with Crippen LogP contribution in [-0.2, 0) is 9.53 Å². The number of ether oxygens (including phenoxy) is 1. The zero-order valence-corrected chi connectivity index (χ0v) is 11.5. The predicted octanol–water partition coefficient (Wildman–Crippen LogP) is 4.77. The molecule has 0 rings (SSSR count). The normalized spacial score (nSPS) is 10.4. The summed E-state index contributed by atoms with van der Waals surface area (Å²) in [4.78, 5) is 9.76. The summed E-state index contributed by atoms with van der Waals surface area (Å²) in [6.07, 6.45) is 16.0. The van der Waals surface area contributed by atoms with Crippen LogP contribution in [0.4, 0.5) is 0 Å². The lowest BCUT2D eigenvalue weighted by Gasteiger charge is -2.02. The van der Waals surface area contributed by atoms with Crippen molar-refractivity contribution in [1.29, 1.82) is 0 Å². The van der Waals surface area contributed by atoms with Gasteiger partial charge < -0.3 is 4.74 Å². The Morgan fingerprint density at radius 2 is 1.12 bits per heavy atom. The van der Waals surface area contributed by atoms with Crippen LogP contribution in [0.25, 0.3) is 0 Å². The third kappa shape index (κ3) is 15.5. The molecule has 0 aliphatic heterocycles. The first-order chi connectivity index (χ1) is 8.41. The highest BCUT2D eigenvalue weighted by atomic mass is 16.5. The minimum absolute atomic E-state index is 0.543. The monoisotopic (exact) mass is 241 g/mol. The first kappa shape index (κ1) is 16.5. The molecule has 101 valence electrons. The molecule has 0 aromatic carbocycles. The Morgan fingerprint density at radius 1 is 0.706 bits per heavy atom. The van der Waals surface area contributed by atoms with E-state index in [-0.39, 0.29) is 0 Å². The Balaban J connectivity index is 2.87. The highest BCUT2D eigenvalue weighted by Gasteiger charge is 1.93. The highest BCUT2D eigenvalue weighted by Crippen LogP contribution is 2.11. The van der Waals surface area contributed by atoms with Crippen LogP contribution < -0.4 is 0 Å². The van der Waals surface area contributed by atoms with E-state index in [0.717, 1.165) is 6.42 Å². The van der Waals surface area contributed by atoms with Crippen LogP contribution in [0.2, 0.25) is 0 Å². The van der Waals surface area contributed by atoms with Gasteiger partial charge in [-0.3, -0.25) is 0 Å². The molecule has 2 nitrogen and oxygen atoms in total. The number of carbonyl (C=O) groups excluding carboxylic acids is 1. The molecule has 0 atom stereocenters. The van der Waals surface area contributed by atoms with E-state index in [9.17, 15) is 4.79 Å². The van der Waals surface area contributed by atoms with Gasteiger partial charge in [-0.15, -0.1) is 0 Å². The Morgan fingerprint density at radius 3 is 1.53 bits per heavy atom. The summed E-state index contributed by atoms with van der Waals surface area (Å²) in [7, 11) is 0. The van der Waals surface area contributed by atoms with E-state index in [1.54, 1.807) is 0 Å². The van der Waals surface area contributed by atoms with Crippen molar-refractivity contribution in [2.24, 2.45) is 0 Å². The van der Waals surface area contributed by atoms with Crippen molar-refractivity contribution in [3.8, 4) is 0 Å². The van der Waals surface area contributed by atoms with E-state index >= 15 is 0 Å². The van der Waals surface area contributed by atoms with Gasteiger partial charge >= 0.3 is 6.47 Å². The van der Waals surface area contributed by atoms with Crippen molar-refractivity contribution in [2.75, 3.05) is 6.61 Å². The number of rotatable bonds is 14. The van der Waals surface area contributed by atoms with Crippen molar-refractivity contribution in [1.82, 2.24) is 0 Å². The Hall–Kier alpha value is -0.530. The van der Waals surface area contributed by atoms with Gasteiger partial charge in [0.15, 0.2) is 0 Å². The highest BCUT2D eigenvalue weighted by molar-refractivity contribution is 5.37. The molecule has 0 aliphatic carbocycles. The summed E-state index contributed by atoms with van der Waals surface area (Å²) < 4.78 is 4.52. The quantitative estimate of drug-likeness (QED) is 0.409. The molecule has 0 unspecified atom stereocenters. The smallest absolute Gasteiger partial charge is 0.417 e. The summed E-state index contributed by atoms with van der Waals surface area (Å²) in [6, 6.07) is 0. The molecule has 0 saturated heterocycles. The van der Waals surface area contributed by atoms with Gasteiger partial charge in [-0.25, -0.2) is 4.79 Å². The maximum absolute atomic E-state index is 9.76. The Labute approximate surface area is 107 Å². The lowest BCUT2D eigenvalue weighted by Crippen LogP contribution is -1.91. The Bertz CT molecular complexity index is 146. The van der Waals surface area contributed by atoms with Crippen LogP contribution in [0.15, 0.2) is 0 Å². The van der Waals surface area contributed by atoms with Crippen LogP contribution >= 0.6 is 0 Å². The van der Waals surface area contributed by atoms with Gasteiger partial charge in [-0.1, -0.05) is 77.6 Å². The van der Waals surface area contributed by atoms with Crippen molar-refractivity contribution in [2.45, 2.75) is 84.0 Å². The first-order valence-electron chi connectivity index (χ1n) is 7.40. The van der Waals surface area contributed by atoms with Gasteiger partial charge in [0.05, 0.1) is 6.61 Å². The van der Waals surface area contributed by atoms with Gasteiger partial charge in [-0.05, 0) is 6.42 Å². The zero-order valence-electron chi connectivity index (χ0n) is 11.5. The fourth-order valence-electron chi connectivity index (χ4n) is 2.06. The maximum Gasteiger partial charge on any atom is 0.417 e. The van der Waals surface area contributed by atoms with E-state index in [1.807, 2.05) is 0 Å². The van der Waals surface area contributed by atoms with Crippen molar-refractivity contribution in [3.63, 3.8) is 0 Å². The number of hydrogen-bond acceptors (Lipinski definition) is 2. The summed E-state index contributed by atoms with van der Waals surface area (Å²) in [5.41, 5.74) is 0. The average molecular weight is 241 g/mol.